The van der Waals surface area contributed by atoms with Gasteiger partial charge in [-0.05, 0) is 25.3 Å². The van der Waals surface area contributed by atoms with E-state index in [1.54, 1.807) is 6.92 Å². The van der Waals surface area contributed by atoms with E-state index in [1.165, 1.54) is 0 Å². The highest BCUT2D eigenvalue weighted by molar-refractivity contribution is 6.00. The van der Waals surface area contributed by atoms with Crippen LogP contribution >= 0.6 is 0 Å². The number of fused-ring (bicyclic) bond motifs is 1. The number of ketones is 1. The number of carbonyl (C=O) groups excluding carboxylic acids is 2. The molecule has 1 saturated heterocycles. The van der Waals surface area contributed by atoms with Crippen molar-refractivity contribution in [3.05, 3.63) is 12.2 Å². The Hall–Kier alpha value is -1.65. The van der Waals surface area contributed by atoms with Crippen molar-refractivity contribution in [1.29, 1.82) is 0 Å². The summed E-state index contributed by atoms with van der Waals surface area (Å²) in [5.41, 5.74) is -0.393. The third-order valence-corrected chi connectivity index (χ3v) is 6.51. The van der Waals surface area contributed by atoms with Gasteiger partial charge in [-0.2, -0.15) is 0 Å². The summed E-state index contributed by atoms with van der Waals surface area (Å²) in [6.07, 6.45) is 1.47. The summed E-state index contributed by atoms with van der Waals surface area (Å²) < 4.78 is 15.7. The lowest BCUT2D eigenvalue weighted by Gasteiger charge is -2.24. The lowest BCUT2D eigenvalue weighted by atomic mass is 9.82. The lowest BCUT2D eigenvalue weighted by molar-refractivity contribution is -0.150. The molecular weight excluding hydrogens is 406 g/mol. The molecule has 1 saturated carbocycles. The van der Waals surface area contributed by atoms with E-state index in [0.29, 0.717) is 13.0 Å². The fraction of sp³-hybridized carbons (Fsp3) is 0.773. The molecule has 0 radical (unpaired) electrons. The average molecular weight is 440 g/mol. The summed E-state index contributed by atoms with van der Waals surface area (Å²) in [7, 11) is 0. The van der Waals surface area contributed by atoms with E-state index >= 15 is 0 Å². The molecular formula is C22H33NO8. The molecule has 1 aliphatic carbocycles. The summed E-state index contributed by atoms with van der Waals surface area (Å²) >= 11 is 0. The van der Waals surface area contributed by atoms with Crippen LogP contribution < -0.4 is 0 Å². The molecule has 2 heterocycles. The molecule has 174 valence electrons. The average Bonchev–Trinajstić information content (AvgIpc) is 3.38. The second-order valence-corrected chi connectivity index (χ2v) is 9.22. The van der Waals surface area contributed by atoms with Crippen molar-refractivity contribution in [3.8, 4) is 0 Å². The van der Waals surface area contributed by atoms with Crippen LogP contribution in [0.3, 0.4) is 0 Å². The molecule has 0 aromatic heterocycles. The van der Waals surface area contributed by atoms with E-state index in [4.69, 9.17) is 14.2 Å². The minimum absolute atomic E-state index is 0.138. The summed E-state index contributed by atoms with van der Waals surface area (Å²) in [6.45, 7) is 5.34. The Balaban J connectivity index is 1.58. The van der Waals surface area contributed by atoms with Gasteiger partial charge in [-0.25, -0.2) is 4.79 Å². The number of nitrogens with zero attached hydrogens (tertiary/aromatic N) is 1. The second kappa shape index (κ2) is 9.46. The van der Waals surface area contributed by atoms with Gasteiger partial charge in [0.05, 0.1) is 19.3 Å². The summed E-state index contributed by atoms with van der Waals surface area (Å²) in [5.74, 6) is -0.462. The predicted octanol–water partition coefficient (Wildman–Crippen LogP) is 0.0501. The number of aliphatic hydroxyl groups excluding tert-OH is 3. The van der Waals surface area contributed by atoms with E-state index in [-0.39, 0.29) is 38.1 Å². The van der Waals surface area contributed by atoms with Crippen molar-refractivity contribution in [1.82, 2.24) is 0 Å². The monoisotopic (exact) mass is 439 g/mol. The van der Waals surface area contributed by atoms with Crippen molar-refractivity contribution in [2.75, 3.05) is 33.0 Å². The Labute approximate surface area is 182 Å². The molecule has 6 atom stereocenters. The standard InChI is InChI=1S/C22H33NO8/c1-4-30-17(26)12-29-11-16(25)21(2,3)8-14-5-6-22(7-13(22)9-23-14)20-19(28)18(27)15(10-24)31-20/h5-6,13,15,18-20,24,27-28H,4,7-12H2,1-3H3. The number of rotatable bonds is 10. The van der Waals surface area contributed by atoms with Crippen LogP contribution in [0.25, 0.3) is 0 Å². The smallest absolute Gasteiger partial charge is 0.332 e. The van der Waals surface area contributed by atoms with Crippen molar-refractivity contribution in [2.45, 2.75) is 58.0 Å². The maximum atomic E-state index is 12.6. The largest absolute Gasteiger partial charge is 0.464 e. The first kappa shape index (κ1) is 24.0. The van der Waals surface area contributed by atoms with Gasteiger partial charge >= 0.3 is 5.97 Å². The van der Waals surface area contributed by atoms with Crippen LogP contribution in [0.15, 0.2) is 17.1 Å². The van der Waals surface area contributed by atoms with Crippen LogP contribution in [-0.2, 0) is 23.8 Å². The van der Waals surface area contributed by atoms with Crippen molar-refractivity contribution < 1.29 is 39.1 Å². The second-order valence-electron chi connectivity index (χ2n) is 9.22. The maximum absolute atomic E-state index is 12.6. The van der Waals surface area contributed by atoms with Crippen molar-refractivity contribution in [2.24, 2.45) is 21.7 Å². The Bertz CT molecular complexity index is 748. The Morgan fingerprint density at radius 2 is 2.03 bits per heavy atom. The number of carbonyl (C=O) groups is 2. The van der Waals surface area contributed by atoms with Crippen LogP contribution in [0.1, 0.15) is 33.6 Å². The van der Waals surface area contributed by atoms with Crippen LogP contribution in [0, 0.1) is 16.7 Å². The number of ether oxygens (including phenoxy) is 3. The van der Waals surface area contributed by atoms with Crippen molar-refractivity contribution in [3.63, 3.8) is 0 Å². The van der Waals surface area contributed by atoms with E-state index in [0.717, 1.165) is 12.1 Å². The Kier molecular flexibility index (Phi) is 7.32. The van der Waals surface area contributed by atoms with Gasteiger partial charge in [0.2, 0.25) is 0 Å². The Morgan fingerprint density at radius 1 is 1.29 bits per heavy atom. The topological polar surface area (TPSA) is 135 Å². The van der Waals surface area contributed by atoms with Crippen molar-refractivity contribution >= 4 is 17.5 Å². The number of esters is 1. The van der Waals surface area contributed by atoms with Gasteiger partial charge in [0.1, 0.15) is 31.5 Å². The fourth-order valence-corrected chi connectivity index (χ4v) is 4.42. The zero-order chi connectivity index (χ0) is 22.8. The number of Topliss-reactive ketones (excluding diaryl/α,β-unsaturated/α-hetero) is 1. The van der Waals surface area contributed by atoms with E-state index < -0.39 is 41.2 Å². The fourth-order valence-electron chi connectivity index (χ4n) is 4.42. The molecule has 0 bridgehead atoms. The third-order valence-electron chi connectivity index (χ3n) is 6.51. The molecule has 0 spiro atoms. The SMILES string of the molecule is CCOC(=O)COCC(=O)C(C)(C)CC1=NCC2CC2(C2OC(CO)C(O)C2O)C=C1. The van der Waals surface area contributed by atoms with Crippen LogP contribution in [0.4, 0.5) is 0 Å². The van der Waals surface area contributed by atoms with Gasteiger partial charge in [-0.1, -0.05) is 19.9 Å². The number of aliphatic hydroxyl groups is 3. The quantitative estimate of drug-likeness (QED) is 0.407. The molecule has 9 nitrogen and oxygen atoms in total. The molecule has 0 amide bonds. The van der Waals surface area contributed by atoms with Gasteiger partial charge in [0.25, 0.3) is 0 Å². The number of hydrogen-bond donors (Lipinski definition) is 3. The number of allylic oxidation sites excluding steroid dienone is 1. The third kappa shape index (κ3) is 5.06. The van der Waals surface area contributed by atoms with E-state index in [2.05, 4.69) is 4.99 Å². The maximum Gasteiger partial charge on any atom is 0.332 e. The minimum atomic E-state index is -1.12. The van der Waals surface area contributed by atoms with Crippen LogP contribution in [0.5, 0.6) is 0 Å². The Morgan fingerprint density at radius 3 is 2.68 bits per heavy atom. The predicted molar refractivity (Wildman–Crippen MR) is 111 cm³/mol. The molecule has 2 aliphatic heterocycles. The first-order valence-corrected chi connectivity index (χ1v) is 10.8. The zero-order valence-electron chi connectivity index (χ0n) is 18.3. The molecule has 31 heavy (non-hydrogen) atoms. The molecule has 6 unspecified atom stereocenters. The summed E-state index contributed by atoms with van der Waals surface area (Å²) in [5, 5.41) is 29.9. The first-order chi connectivity index (χ1) is 14.6. The zero-order valence-corrected chi connectivity index (χ0v) is 18.3. The molecule has 0 aromatic carbocycles. The van der Waals surface area contributed by atoms with E-state index in [1.807, 2.05) is 26.0 Å². The molecule has 3 N–H and O–H groups in total. The molecule has 3 aliphatic rings. The highest BCUT2D eigenvalue weighted by Gasteiger charge is 2.64. The first-order valence-electron chi connectivity index (χ1n) is 10.8. The van der Waals surface area contributed by atoms with Crippen LogP contribution in [0.2, 0.25) is 0 Å². The number of aliphatic imine (C=N–C) groups is 1. The molecule has 0 aromatic rings. The molecule has 3 rings (SSSR count). The normalized spacial score (nSPS) is 34.6. The van der Waals surface area contributed by atoms with Gasteiger partial charge in [-0.3, -0.25) is 9.79 Å². The minimum Gasteiger partial charge on any atom is -0.464 e. The van der Waals surface area contributed by atoms with Gasteiger partial charge < -0.3 is 29.5 Å². The van der Waals surface area contributed by atoms with Gasteiger partial charge in [-0.15, -0.1) is 0 Å². The summed E-state index contributed by atoms with van der Waals surface area (Å²) in [4.78, 5) is 28.6. The highest BCUT2D eigenvalue weighted by atomic mass is 16.6. The number of hydrogen-bond acceptors (Lipinski definition) is 9. The van der Waals surface area contributed by atoms with Gasteiger partial charge in [0.15, 0.2) is 5.78 Å². The van der Waals surface area contributed by atoms with E-state index in [9.17, 15) is 24.9 Å². The van der Waals surface area contributed by atoms with Crippen LogP contribution in [-0.4, -0.2) is 90.2 Å². The molecule has 2 fully saturated rings. The molecule has 9 heteroatoms. The van der Waals surface area contributed by atoms with Gasteiger partial charge in [0, 0.05) is 29.5 Å². The summed E-state index contributed by atoms with van der Waals surface area (Å²) in [6, 6.07) is 0. The highest BCUT2D eigenvalue weighted by Crippen LogP contribution is 2.60. The lowest BCUT2D eigenvalue weighted by Crippen LogP contribution is -2.37.